The molecule has 0 aliphatic carbocycles. The molecule has 1 aromatic rings. The molecule has 0 spiro atoms. The zero-order valence-electron chi connectivity index (χ0n) is 16.0. The summed E-state index contributed by atoms with van der Waals surface area (Å²) in [7, 11) is 1.76. The number of halogens is 1. The number of aryl methyl sites for hydroxylation is 1. The van der Waals surface area contributed by atoms with Crippen molar-refractivity contribution in [1.29, 1.82) is 0 Å². The third-order valence-electron chi connectivity index (χ3n) is 3.93. The molecule has 0 aliphatic rings. The predicted octanol–water partition coefficient (Wildman–Crippen LogP) is 3.91. The number of carbonyl (C=O) groups is 1. The summed E-state index contributed by atoms with van der Waals surface area (Å²) in [6.07, 6.45) is 2.29. The lowest BCUT2D eigenvalue weighted by Gasteiger charge is -2.19. The number of esters is 1. The minimum atomic E-state index is -0.304. The van der Waals surface area contributed by atoms with Crippen LogP contribution in [0, 0.1) is 12.8 Å². The number of hydrogen-bond donors (Lipinski definition) is 2. The van der Waals surface area contributed by atoms with Gasteiger partial charge in [0.05, 0.1) is 18.3 Å². The number of aliphatic imine (C=N–C) groups is 1. The molecule has 0 saturated heterocycles. The van der Waals surface area contributed by atoms with Crippen molar-refractivity contribution in [2.24, 2.45) is 10.9 Å². The molecule has 0 fully saturated rings. The summed E-state index contributed by atoms with van der Waals surface area (Å²) < 4.78 is 5.07. The number of aromatic nitrogens is 1. The van der Waals surface area contributed by atoms with Crippen LogP contribution in [0.4, 0.5) is 0 Å². The minimum absolute atomic E-state index is 0. The van der Waals surface area contributed by atoms with Gasteiger partial charge in [-0.15, -0.1) is 35.3 Å². The van der Waals surface area contributed by atoms with Crippen LogP contribution in [-0.2, 0) is 4.74 Å². The van der Waals surface area contributed by atoms with Crippen molar-refractivity contribution in [3.05, 3.63) is 15.6 Å². The summed E-state index contributed by atoms with van der Waals surface area (Å²) in [5.41, 5.74) is 0.710. The Labute approximate surface area is 172 Å². The average Bonchev–Trinajstić information content (AvgIpc) is 2.96. The number of thiazole rings is 1. The molecule has 0 amide bonds. The van der Waals surface area contributed by atoms with E-state index >= 15 is 0 Å². The zero-order valence-corrected chi connectivity index (χ0v) is 19.2. The highest BCUT2D eigenvalue weighted by molar-refractivity contribution is 14.0. The molecule has 1 atom stereocenters. The fourth-order valence-corrected chi connectivity index (χ4v) is 3.23. The van der Waals surface area contributed by atoms with E-state index in [-0.39, 0.29) is 36.0 Å². The first kappa shape index (κ1) is 24.1. The Morgan fingerprint density at radius 3 is 2.48 bits per heavy atom. The SMILES string of the molecule is CCOC(=O)c1sc(C(C)NC(=NC)NCC(CC)CC)nc1C.I. The topological polar surface area (TPSA) is 75.6 Å². The second kappa shape index (κ2) is 12.5. The molecule has 0 bridgehead atoms. The van der Waals surface area contributed by atoms with E-state index in [2.05, 4.69) is 34.5 Å². The Balaban J connectivity index is 0.00000576. The number of carbonyl (C=O) groups excluding carboxylic acids is 1. The van der Waals surface area contributed by atoms with Crippen molar-refractivity contribution in [2.45, 2.75) is 53.5 Å². The first-order valence-corrected chi connectivity index (χ1v) is 9.39. The summed E-state index contributed by atoms with van der Waals surface area (Å²) in [5, 5.41) is 7.54. The van der Waals surface area contributed by atoms with Crippen molar-refractivity contribution in [1.82, 2.24) is 15.6 Å². The molecule has 1 rings (SSSR count). The van der Waals surface area contributed by atoms with E-state index in [1.54, 1.807) is 14.0 Å². The molecular formula is C17H31IN4O2S. The van der Waals surface area contributed by atoms with Crippen molar-refractivity contribution in [3.8, 4) is 0 Å². The summed E-state index contributed by atoms with van der Waals surface area (Å²) in [6, 6.07) is -0.0372. The van der Waals surface area contributed by atoms with Crippen molar-refractivity contribution < 1.29 is 9.53 Å². The van der Waals surface area contributed by atoms with Crippen LogP contribution in [0.25, 0.3) is 0 Å². The molecule has 1 aromatic heterocycles. The van der Waals surface area contributed by atoms with Gasteiger partial charge in [-0.1, -0.05) is 26.7 Å². The van der Waals surface area contributed by atoms with Gasteiger partial charge in [0, 0.05) is 13.6 Å². The highest BCUT2D eigenvalue weighted by Crippen LogP contribution is 2.24. The van der Waals surface area contributed by atoms with Gasteiger partial charge in [0.25, 0.3) is 0 Å². The van der Waals surface area contributed by atoms with Crippen LogP contribution in [0.5, 0.6) is 0 Å². The highest BCUT2D eigenvalue weighted by atomic mass is 127. The molecule has 1 unspecified atom stereocenters. The van der Waals surface area contributed by atoms with Gasteiger partial charge >= 0.3 is 5.97 Å². The van der Waals surface area contributed by atoms with E-state index in [0.29, 0.717) is 23.1 Å². The molecule has 6 nitrogen and oxygen atoms in total. The number of rotatable bonds is 8. The van der Waals surface area contributed by atoms with E-state index in [4.69, 9.17) is 4.74 Å². The smallest absolute Gasteiger partial charge is 0.350 e. The molecule has 25 heavy (non-hydrogen) atoms. The molecule has 2 N–H and O–H groups in total. The Kier molecular flexibility index (Phi) is 12.0. The fourth-order valence-electron chi connectivity index (χ4n) is 2.27. The quantitative estimate of drug-likeness (QED) is 0.254. The van der Waals surface area contributed by atoms with Crippen LogP contribution in [0.15, 0.2) is 4.99 Å². The van der Waals surface area contributed by atoms with Crippen LogP contribution in [0.1, 0.15) is 67.0 Å². The number of guanidine groups is 1. The highest BCUT2D eigenvalue weighted by Gasteiger charge is 2.20. The molecule has 144 valence electrons. The van der Waals surface area contributed by atoms with Gasteiger partial charge in [-0.2, -0.15) is 0 Å². The van der Waals surface area contributed by atoms with E-state index in [1.165, 1.54) is 11.3 Å². The lowest BCUT2D eigenvalue weighted by Crippen LogP contribution is -2.40. The Morgan fingerprint density at radius 2 is 1.96 bits per heavy atom. The summed E-state index contributed by atoms with van der Waals surface area (Å²) >= 11 is 1.37. The minimum Gasteiger partial charge on any atom is -0.462 e. The van der Waals surface area contributed by atoms with Gasteiger partial charge in [0.2, 0.25) is 0 Å². The number of nitrogens with one attached hydrogen (secondary N) is 2. The lowest BCUT2D eigenvalue weighted by atomic mass is 10.0. The molecular weight excluding hydrogens is 451 g/mol. The maximum Gasteiger partial charge on any atom is 0.350 e. The standard InChI is InChI=1S/C17H30N4O2S.HI/c1-7-13(8-2)10-19-17(18-6)21-12(5)15-20-11(4)14(24-15)16(22)23-9-3;/h12-13H,7-10H2,1-6H3,(H2,18,19,21);1H. The molecule has 0 saturated carbocycles. The van der Waals surface area contributed by atoms with Gasteiger partial charge in [-0.25, -0.2) is 9.78 Å². The van der Waals surface area contributed by atoms with Crippen LogP contribution in [-0.4, -0.2) is 37.1 Å². The van der Waals surface area contributed by atoms with E-state index in [1.807, 2.05) is 13.8 Å². The Morgan fingerprint density at radius 1 is 1.32 bits per heavy atom. The van der Waals surface area contributed by atoms with Crippen molar-refractivity contribution in [3.63, 3.8) is 0 Å². The van der Waals surface area contributed by atoms with Crippen LogP contribution in [0.3, 0.4) is 0 Å². The lowest BCUT2D eigenvalue weighted by molar-refractivity contribution is 0.0531. The molecule has 8 heteroatoms. The van der Waals surface area contributed by atoms with E-state index in [0.717, 1.165) is 30.4 Å². The first-order chi connectivity index (χ1) is 11.5. The maximum atomic E-state index is 11.9. The number of hydrogen-bond acceptors (Lipinski definition) is 5. The third-order valence-corrected chi connectivity index (χ3v) is 5.25. The first-order valence-electron chi connectivity index (χ1n) is 8.58. The van der Waals surface area contributed by atoms with Gasteiger partial charge in [0.15, 0.2) is 5.96 Å². The van der Waals surface area contributed by atoms with Gasteiger partial charge < -0.3 is 15.4 Å². The Bertz CT molecular complexity index is 559. The van der Waals surface area contributed by atoms with Gasteiger partial charge in [-0.3, -0.25) is 4.99 Å². The molecule has 1 heterocycles. The number of nitrogens with zero attached hydrogens (tertiary/aromatic N) is 2. The van der Waals surface area contributed by atoms with E-state index in [9.17, 15) is 4.79 Å². The van der Waals surface area contributed by atoms with Crippen LogP contribution < -0.4 is 10.6 Å². The average molecular weight is 482 g/mol. The van der Waals surface area contributed by atoms with Crippen molar-refractivity contribution in [2.75, 3.05) is 20.2 Å². The van der Waals surface area contributed by atoms with Gasteiger partial charge in [0.1, 0.15) is 9.88 Å². The van der Waals surface area contributed by atoms with Gasteiger partial charge in [-0.05, 0) is 26.7 Å². The van der Waals surface area contributed by atoms with Crippen molar-refractivity contribution >= 4 is 47.2 Å². The third kappa shape index (κ3) is 7.47. The zero-order chi connectivity index (χ0) is 18.1. The van der Waals surface area contributed by atoms with E-state index < -0.39 is 0 Å². The molecule has 0 aromatic carbocycles. The second-order valence-electron chi connectivity index (χ2n) is 5.69. The largest absolute Gasteiger partial charge is 0.462 e. The Hall–Kier alpha value is -0.900. The second-order valence-corrected chi connectivity index (χ2v) is 6.72. The summed E-state index contributed by atoms with van der Waals surface area (Å²) in [6.45, 7) is 11.3. The summed E-state index contributed by atoms with van der Waals surface area (Å²) in [5.74, 6) is 1.08. The number of ether oxygens (including phenoxy) is 1. The predicted molar refractivity (Wildman–Crippen MR) is 115 cm³/mol. The molecule has 0 radical (unpaired) electrons. The fraction of sp³-hybridized carbons (Fsp3) is 0.706. The van der Waals surface area contributed by atoms with Crippen LogP contribution in [0.2, 0.25) is 0 Å². The van der Waals surface area contributed by atoms with Crippen LogP contribution >= 0.6 is 35.3 Å². The molecule has 0 aliphatic heterocycles. The monoisotopic (exact) mass is 482 g/mol. The maximum absolute atomic E-state index is 11.9. The normalized spacial score (nSPS) is 12.5. The summed E-state index contributed by atoms with van der Waals surface area (Å²) in [4.78, 5) is 21.3.